The maximum atomic E-state index is 11.7. The summed E-state index contributed by atoms with van der Waals surface area (Å²) in [5, 5.41) is 11.7. The lowest BCUT2D eigenvalue weighted by molar-refractivity contribution is -0.119. The molecule has 1 aromatic rings. The van der Waals surface area contributed by atoms with Crippen LogP contribution in [0.2, 0.25) is 0 Å². The number of rotatable bonds is 6. The summed E-state index contributed by atoms with van der Waals surface area (Å²) in [4.78, 5) is 13.6. The molecule has 0 aromatic heterocycles. The van der Waals surface area contributed by atoms with Crippen LogP contribution in [0.3, 0.4) is 0 Å². The van der Waals surface area contributed by atoms with Crippen molar-refractivity contribution < 1.29 is 4.79 Å². The lowest BCUT2D eigenvalue weighted by Gasteiger charge is -2.19. The summed E-state index contributed by atoms with van der Waals surface area (Å²) < 4.78 is 0. The number of carbonyl (C=O) groups is 1. The second kappa shape index (κ2) is 7.42. The molecule has 0 spiro atoms. The van der Waals surface area contributed by atoms with Gasteiger partial charge >= 0.3 is 0 Å². The summed E-state index contributed by atoms with van der Waals surface area (Å²) in [5.74, 6) is 0.593. The number of likely N-dealkylation sites (N-methyl/N-ethyl adjacent to an activating group) is 1. The van der Waals surface area contributed by atoms with Gasteiger partial charge in [-0.2, -0.15) is 5.26 Å². The number of carbonyl (C=O) groups excluding carboxylic acids is 1. The first-order valence-corrected chi connectivity index (χ1v) is 6.51. The highest BCUT2D eigenvalue weighted by Crippen LogP contribution is 2.13. The third-order valence-electron chi connectivity index (χ3n) is 2.84. The van der Waals surface area contributed by atoms with E-state index in [1.54, 1.807) is 12.1 Å². The van der Waals surface area contributed by atoms with Crippen molar-refractivity contribution in [3.8, 4) is 6.07 Å². The zero-order valence-electron chi connectivity index (χ0n) is 11.8. The summed E-state index contributed by atoms with van der Waals surface area (Å²) >= 11 is 0. The highest BCUT2D eigenvalue weighted by atomic mass is 16.2. The first kappa shape index (κ1) is 15.0. The fraction of sp³-hybridized carbons (Fsp3) is 0.467. The average Bonchev–Trinajstić information content (AvgIpc) is 2.38. The van der Waals surface area contributed by atoms with Crippen LogP contribution in [-0.4, -0.2) is 26.0 Å². The Hall–Kier alpha value is -2.02. The number of hydrogen-bond acceptors (Lipinski definition) is 3. The molecular weight excluding hydrogens is 238 g/mol. The van der Waals surface area contributed by atoms with Crippen molar-refractivity contribution in [3.05, 3.63) is 29.8 Å². The van der Waals surface area contributed by atoms with E-state index in [0.717, 1.165) is 12.1 Å². The molecule has 1 rings (SSSR count). The molecule has 0 aliphatic carbocycles. The Bertz CT molecular complexity index is 463. The number of amides is 1. The predicted octanol–water partition coefficient (Wildman–Crippen LogP) is 2.16. The maximum Gasteiger partial charge on any atom is 0.239 e. The Morgan fingerprint density at radius 3 is 2.84 bits per heavy atom. The van der Waals surface area contributed by atoms with E-state index in [9.17, 15) is 4.79 Å². The van der Waals surface area contributed by atoms with E-state index in [1.165, 1.54) is 0 Å². The van der Waals surface area contributed by atoms with Crippen molar-refractivity contribution >= 4 is 11.6 Å². The van der Waals surface area contributed by atoms with Gasteiger partial charge in [0.25, 0.3) is 0 Å². The Morgan fingerprint density at radius 1 is 1.47 bits per heavy atom. The van der Waals surface area contributed by atoms with E-state index in [4.69, 9.17) is 5.26 Å². The largest absolute Gasteiger partial charge is 0.365 e. The average molecular weight is 259 g/mol. The van der Waals surface area contributed by atoms with Crippen molar-refractivity contribution in [1.82, 2.24) is 5.32 Å². The van der Waals surface area contributed by atoms with Crippen LogP contribution in [-0.2, 0) is 4.79 Å². The first-order valence-electron chi connectivity index (χ1n) is 6.51. The Morgan fingerprint density at radius 2 is 2.21 bits per heavy atom. The maximum absolute atomic E-state index is 11.7. The van der Waals surface area contributed by atoms with Gasteiger partial charge in [-0.05, 0) is 30.5 Å². The molecule has 0 unspecified atom stereocenters. The van der Waals surface area contributed by atoms with Crippen LogP contribution >= 0.6 is 0 Å². The highest BCUT2D eigenvalue weighted by Gasteiger charge is 2.07. The molecule has 0 saturated heterocycles. The van der Waals surface area contributed by atoms with Gasteiger partial charge in [0, 0.05) is 19.3 Å². The third-order valence-corrected chi connectivity index (χ3v) is 2.84. The van der Waals surface area contributed by atoms with Gasteiger partial charge < -0.3 is 10.2 Å². The molecule has 0 aliphatic heterocycles. The molecule has 4 nitrogen and oxygen atoms in total. The van der Waals surface area contributed by atoms with Crippen LogP contribution in [0.5, 0.6) is 0 Å². The quantitative estimate of drug-likeness (QED) is 0.851. The summed E-state index contributed by atoms with van der Waals surface area (Å²) in [5.41, 5.74) is 1.47. The molecule has 102 valence electrons. The van der Waals surface area contributed by atoms with E-state index < -0.39 is 0 Å². The minimum atomic E-state index is 0.00510. The first-order chi connectivity index (χ1) is 9.02. The summed E-state index contributed by atoms with van der Waals surface area (Å²) in [6.07, 6.45) is 0.985. The molecule has 0 saturated carbocycles. The molecule has 0 fully saturated rings. The Kier molecular flexibility index (Phi) is 5.87. The van der Waals surface area contributed by atoms with Gasteiger partial charge in [0.2, 0.25) is 5.91 Å². The number of anilines is 1. The van der Waals surface area contributed by atoms with Gasteiger partial charge in [-0.1, -0.05) is 19.9 Å². The van der Waals surface area contributed by atoms with Crippen LogP contribution in [0.4, 0.5) is 5.69 Å². The van der Waals surface area contributed by atoms with Crippen LogP contribution in [0.25, 0.3) is 0 Å². The Labute approximate surface area is 115 Å². The van der Waals surface area contributed by atoms with Gasteiger partial charge in [0.1, 0.15) is 0 Å². The second-order valence-corrected chi connectivity index (χ2v) is 5.05. The summed E-state index contributed by atoms with van der Waals surface area (Å²) in [6.45, 7) is 5.27. The molecule has 1 N–H and O–H groups in total. The molecule has 4 heteroatoms. The topological polar surface area (TPSA) is 56.1 Å². The standard InChI is InChI=1S/C15H21N3O/c1-12(2)7-8-17-15(19)11-18(3)14-6-4-5-13(9-14)10-16/h4-6,9,12H,7-8,11H2,1-3H3,(H,17,19). The summed E-state index contributed by atoms with van der Waals surface area (Å²) in [7, 11) is 1.85. The highest BCUT2D eigenvalue weighted by molar-refractivity contribution is 5.81. The minimum Gasteiger partial charge on any atom is -0.365 e. The summed E-state index contributed by atoms with van der Waals surface area (Å²) in [6, 6.07) is 9.34. The zero-order valence-corrected chi connectivity index (χ0v) is 11.8. The second-order valence-electron chi connectivity index (χ2n) is 5.05. The number of benzene rings is 1. The molecule has 19 heavy (non-hydrogen) atoms. The van der Waals surface area contributed by atoms with Crippen molar-refractivity contribution in [2.45, 2.75) is 20.3 Å². The molecular formula is C15H21N3O. The third kappa shape index (κ3) is 5.43. The Balaban J connectivity index is 2.47. The fourth-order valence-corrected chi connectivity index (χ4v) is 1.68. The van der Waals surface area contributed by atoms with Crippen LogP contribution in [0.15, 0.2) is 24.3 Å². The fourth-order valence-electron chi connectivity index (χ4n) is 1.68. The number of nitriles is 1. The monoisotopic (exact) mass is 259 g/mol. The van der Waals surface area contributed by atoms with Crippen molar-refractivity contribution in [2.75, 3.05) is 25.0 Å². The van der Waals surface area contributed by atoms with Gasteiger partial charge in [-0.15, -0.1) is 0 Å². The minimum absolute atomic E-state index is 0.00510. The molecule has 0 aliphatic rings. The van der Waals surface area contributed by atoms with Crippen molar-refractivity contribution in [3.63, 3.8) is 0 Å². The number of nitrogens with zero attached hydrogens (tertiary/aromatic N) is 2. The molecule has 0 radical (unpaired) electrons. The van der Waals surface area contributed by atoms with Gasteiger partial charge in [0.15, 0.2) is 0 Å². The molecule has 1 amide bonds. The number of hydrogen-bond donors (Lipinski definition) is 1. The van der Waals surface area contributed by atoms with Gasteiger partial charge in [-0.25, -0.2) is 0 Å². The number of nitrogens with one attached hydrogen (secondary N) is 1. The molecule has 1 aromatic carbocycles. The van der Waals surface area contributed by atoms with Crippen molar-refractivity contribution in [1.29, 1.82) is 5.26 Å². The van der Waals surface area contributed by atoms with Crippen LogP contribution in [0.1, 0.15) is 25.8 Å². The molecule has 0 atom stereocenters. The van der Waals surface area contributed by atoms with E-state index >= 15 is 0 Å². The predicted molar refractivity (Wildman–Crippen MR) is 76.9 cm³/mol. The van der Waals surface area contributed by atoms with Gasteiger partial charge in [-0.3, -0.25) is 4.79 Å². The molecule has 0 heterocycles. The van der Waals surface area contributed by atoms with Gasteiger partial charge in [0.05, 0.1) is 18.2 Å². The smallest absolute Gasteiger partial charge is 0.239 e. The van der Waals surface area contributed by atoms with Crippen molar-refractivity contribution in [2.24, 2.45) is 5.92 Å². The van der Waals surface area contributed by atoms with E-state index in [-0.39, 0.29) is 5.91 Å². The van der Waals surface area contributed by atoms with E-state index in [1.807, 2.05) is 24.1 Å². The van der Waals surface area contributed by atoms with E-state index in [2.05, 4.69) is 25.2 Å². The van der Waals surface area contributed by atoms with Crippen LogP contribution < -0.4 is 10.2 Å². The zero-order chi connectivity index (χ0) is 14.3. The van der Waals surface area contributed by atoms with Crippen LogP contribution in [0, 0.1) is 17.2 Å². The lowest BCUT2D eigenvalue weighted by Crippen LogP contribution is -2.35. The molecule has 0 bridgehead atoms. The normalized spacial score (nSPS) is 10.1. The van der Waals surface area contributed by atoms with E-state index in [0.29, 0.717) is 24.6 Å². The SMILES string of the molecule is CC(C)CCNC(=O)CN(C)c1cccc(C#N)c1. The lowest BCUT2D eigenvalue weighted by atomic mass is 10.1.